The number of nitrogens with zero attached hydrogens (tertiary/aromatic N) is 2. The van der Waals surface area contributed by atoms with Gasteiger partial charge in [0, 0.05) is 45.4 Å². The van der Waals surface area contributed by atoms with Gasteiger partial charge in [-0.3, -0.25) is 4.99 Å². The van der Waals surface area contributed by atoms with Gasteiger partial charge in [0.05, 0.1) is 6.26 Å². The van der Waals surface area contributed by atoms with Gasteiger partial charge in [-0.25, -0.2) is 8.42 Å². The molecule has 0 radical (unpaired) electrons. The van der Waals surface area contributed by atoms with Crippen LogP contribution in [0.15, 0.2) is 4.99 Å². The van der Waals surface area contributed by atoms with E-state index in [1.165, 1.54) is 31.9 Å². The Balaban J connectivity index is 0.00000392. The largest absolute Gasteiger partial charge is 0.382 e. The zero-order chi connectivity index (χ0) is 19.8. The first-order valence-electron chi connectivity index (χ1n) is 10.5. The minimum absolute atomic E-state index is 0. The third-order valence-electron chi connectivity index (χ3n) is 5.82. The molecule has 28 heavy (non-hydrogen) atoms. The maximum atomic E-state index is 11.9. The number of sulfonamides is 1. The number of halogens is 1. The fourth-order valence-electron chi connectivity index (χ4n) is 4.30. The van der Waals surface area contributed by atoms with Gasteiger partial charge in [-0.1, -0.05) is 12.8 Å². The SMILES string of the molecule is CCNC(=NCC1(CCOCC)CCCC1)NC[C@H]1CCCN1S(C)(=O)=O.I. The number of ether oxygens (including phenoxy) is 1. The van der Waals surface area contributed by atoms with Gasteiger partial charge in [0.25, 0.3) is 0 Å². The van der Waals surface area contributed by atoms with Gasteiger partial charge in [0.1, 0.15) is 0 Å². The van der Waals surface area contributed by atoms with E-state index in [4.69, 9.17) is 9.73 Å². The van der Waals surface area contributed by atoms with E-state index in [2.05, 4.69) is 17.6 Å². The van der Waals surface area contributed by atoms with Crippen LogP contribution in [0.5, 0.6) is 0 Å². The summed E-state index contributed by atoms with van der Waals surface area (Å²) in [4.78, 5) is 4.87. The highest BCUT2D eigenvalue weighted by atomic mass is 127. The van der Waals surface area contributed by atoms with Crippen LogP contribution >= 0.6 is 24.0 Å². The molecule has 166 valence electrons. The molecule has 1 aliphatic heterocycles. The second kappa shape index (κ2) is 12.5. The van der Waals surface area contributed by atoms with Crippen LogP contribution in [0.25, 0.3) is 0 Å². The highest BCUT2D eigenvalue weighted by Crippen LogP contribution is 2.41. The predicted octanol–water partition coefficient (Wildman–Crippen LogP) is 2.57. The summed E-state index contributed by atoms with van der Waals surface area (Å²) in [6, 6.07) is 0.0160. The van der Waals surface area contributed by atoms with Crippen molar-refractivity contribution in [2.24, 2.45) is 10.4 Å². The van der Waals surface area contributed by atoms with Gasteiger partial charge in [-0.05, 0) is 51.4 Å². The quantitative estimate of drug-likeness (QED) is 0.196. The van der Waals surface area contributed by atoms with E-state index in [1.807, 2.05) is 6.92 Å². The minimum Gasteiger partial charge on any atom is -0.382 e. The van der Waals surface area contributed by atoms with Crippen LogP contribution in [0, 0.1) is 5.41 Å². The third kappa shape index (κ3) is 7.95. The second-order valence-electron chi connectivity index (χ2n) is 7.90. The molecule has 0 bridgehead atoms. The van der Waals surface area contributed by atoms with Crippen LogP contribution in [0.4, 0.5) is 0 Å². The number of hydrogen-bond donors (Lipinski definition) is 2. The minimum atomic E-state index is -3.14. The Morgan fingerprint density at radius 1 is 1.21 bits per heavy atom. The standard InChI is InChI=1S/C19H38N4O3S.HI/c1-4-20-18(21-15-17-9-8-13-23(17)27(3,24)25)22-16-19(10-6-7-11-19)12-14-26-5-2;/h17H,4-16H2,1-3H3,(H2,20,21,22);1H/t17-;/m1./s1. The lowest BCUT2D eigenvalue weighted by atomic mass is 9.83. The Labute approximate surface area is 188 Å². The Hall–Kier alpha value is -0.130. The summed E-state index contributed by atoms with van der Waals surface area (Å²) in [7, 11) is -3.14. The molecule has 1 saturated carbocycles. The van der Waals surface area contributed by atoms with E-state index in [-0.39, 0.29) is 35.4 Å². The fourth-order valence-corrected chi connectivity index (χ4v) is 5.48. The maximum Gasteiger partial charge on any atom is 0.211 e. The summed E-state index contributed by atoms with van der Waals surface area (Å²) in [6.07, 6.45) is 9.17. The second-order valence-corrected chi connectivity index (χ2v) is 9.83. The Morgan fingerprint density at radius 2 is 1.93 bits per heavy atom. The average molecular weight is 531 g/mol. The van der Waals surface area contributed by atoms with E-state index in [0.717, 1.165) is 51.5 Å². The van der Waals surface area contributed by atoms with Crippen molar-refractivity contribution < 1.29 is 13.2 Å². The lowest BCUT2D eigenvalue weighted by Gasteiger charge is -2.28. The summed E-state index contributed by atoms with van der Waals surface area (Å²) in [5, 5.41) is 6.68. The van der Waals surface area contributed by atoms with E-state index >= 15 is 0 Å². The molecule has 0 amide bonds. The average Bonchev–Trinajstić information content (AvgIpc) is 3.27. The molecular formula is C19H39IN4O3S. The number of guanidine groups is 1. The van der Waals surface area contributed by atoms with Crippen molar-refractivity contribution in [1.82, 2.24) is 14.9 Å². The Bertz CT molecular complexity index is 580. The smallest absolute Gasteiger partial charge is 0.211 e. The zero-order valence-electron chi connectivity index (χ0n) is 17.7. The van der Waals surface area contributed by atoms with Gasteiger partial charge >= 0.3 is 0 Å². The molecule has 0 spiro atoms. The molecule has 0 aromatic rings. The van der Waals surface area contributed by atoms with Crippen molar-refractivity contribution in [3.8, 4) is 0 Å². The van der Waals surface area contributed by atoms with Gasteiger partial charge < -0.3 is 15.4 Å². The number of aliphatic imine (C=N–C) groups is 1. The molecule has 2 aliphatic rings. The van der Waals surface area contributed by atoms with Gasteiger partial charge in [-0.15, -0.1) is 24.0 Å². The van der Waals surface area contributed by atoms with Crippen LogP contribution < -0.4 is 10.6 Å². The van der Waals surface area contributed by atoms with Crippen LogP contribution in [0.3, 0.4) is 0 Å². The molecule has 0 aromatic carbocycles. The maximum absolute atomic E-state index is 11.9. The summed E-state index contributed by atoms with van der Waals surface area (Å²) >= 11 is 0. The lowest BCUT2D eigenvalue weighted by Crippen LogP contribution is -2.46. The van der Waals surface area contributed by atoms with Crippen LogP contribution in [0.2, 0.25) is 0 Å². The summed E-state index contributed by atoms with van der Waals surface area (Å²) < 4.78 is 31.1. The molecule has 9 heteroatoms. The number of rotatable bonds is 10. The first-order valence-corrected chi connectivity index (χ1v) is 12.3. The zero-order valence-corrected chi connectivity index (χ0v) is 20.9. The monoisotopic (exact) mass is 530 g/mol. The van der Waals surface area contributed by atoms with Gasteiger partial charge in [0.2, 0.25) is 10.0 Å². The number of hydrogen-bond acceptors (Lipinski definition) is 4. The predicted molar refractivity (Wildman–Crippen MR) is 126 cm³/mol. The molecular weight excluding hydrogens is 491 g/mol. The van der Waals surface area contributed by atoms with E-state index in [1.54, 1.807) is 4.31 Å². The van der Waals surface area contributed by atoms with Crippen molar-refractivity contribution in [3.05, 3.63) is 0 Å². The van der Waals surface area contributed by atoms with E-state index in [9.17, 15) is 8.42 Å². The van der Waals surface area contributed by atoms with Gasteiger partial charge in [-0.2, -0.15) is 4.31 Å². The topological polar surface area (TPSA) is 83.0 Å². The molecule has 1 atom stereocenters. The lowest BCUT2D eigenvalue weighted by molar-refractivity contribution is 0.107. The fraction of sp³-hybridized carbons (Fsp3) is 0.947. The van der Waals surface area contributed by atoms with E-state index < -0.39 is 10.0 Å². The molecule has 7 nitrogen and oxygen atoms in total. The molecule has 1 aliphatic carbocycles. The summed E-state index contributed by atoms with van der Waals surface area (Å²) in [5.41, 5.74) is 0.254. The van der Waals surface area contributed by atoms with Crippen LogP contribution in [0.1, 0.15) is 58.8 Å². The van der Waals surface area contributed by atoms with Crippen LogP contribution in [-0.4, -0.2) is 70.4 Å². The van der Waals surface area contributed by atoms with Crippen molar-refractivity contribution in [2.45, 2.75) is 64.8 Å². The first-order chi connectivity index (χ1) is 12.9. The molecule has 1 heterocycles. The van der Waals surface area contributed by atoms with Crippen molar-refractivity contribution in [3.63, 3.8) is 0 Å². The third-order valence-corrected chi connectivity index (χ3v) is 7.15. The van der Waals surface area contributed by atoms with Crippen molar-refractivity contribution >= 4 is 40.0 Å². The molecule has 1 saturated heterocycles. The molecule has 0 unspecified atom stereocenters. The molecule has 2 fully saturated rings. The normalized spacial score (nSPS) is 22.8. The molecule has 2 rings (SSSR count). The van der Waals surface area contributed by atoms with Gasteiger partial charge in [0.15, 0.2) is 5.96 Å². The Morgan fingerprint density at radius 3 is 2.54 bits per heavy atom. The highest BCUT2D eigenvalue weighted by Gasteiger charge is 2.34. The molecule has 0 aromatic heterocycles. The van der Waals surface area contributed by atoms with Crippen molar-refractivity contribution in [2.75, 3.05) is 45.6 Å². The summed E-state index contributed by atoms with van der Waals surface area (Å²) in [6.45, 7) is 8.48. The Kier molecular flexibility index (Phi) is 11.6. The van der Waals surface area contributed by atoms with E-state index in [0.29, 0.717) is 13.1 Å². The van der Waals surface area contributed by atoms with Crippen LogP contribution in [-0.2, 0) is 14.8 Å². The number of nitrogens with one attached hydrogen (secondary N) is 2. The summed E-state index contributed by atoms with van der Waals surface area (Å²) in [5.74, 6) is 0.792. The first kappa shape index (κ1) is 25.9. The van der Waals surface area contributed by atoms with Crippen molar-refractivity contribution in [1.29, 1.82) is 0 Å². The molecule has 2 N–H and O–H groups in total. The highest BCUT2D eigenvalue weighted by molar-refractivity contribution is 14.0.